The number of ether oxygens (including phenoxy) is 1. The maximum atomic E-state index is 14.4. The van der Waals surface area contributed by atoms with Crippen molar-refractivity contribution in [3.05, 3.63) is 59.2 Å². The standard InChI is InChI=1S/C27H32F2N8O3/c1-39-15-24-33-27(40-34-24)35-8-6-19(7-9-35)37(18-3-4-18)25(38)16-11-31-26(32-12-16)36-13-21(23(30)14-36)20-10-17(28)2-5-22(20)29/h2,5,10-12,18-19,21,23H,3-4,6-9,13-15,30H2,1H3. The van der Waals surface area contributed by atoms with Crippen molar-refractivity contribution in [1.82, 2.24) is 25.0 Å². The largest absolute Gasteiger partial charge is 0.377 e. The van der Waals surface area contributed by atoms with Crippen molar-refractivity contribution < 1.29 is 22.8 Å². The monoisotopic (exact) mass is 554 g/mol. The van der Waals surface area contributed by atoms with Crippen LogP contribution in [-0.4, -0.2) is 82.3 Å². The lowest BCUT2D eigenvalue weighted by atomic mass is 9.94. The number of anilines is 2. The van der Waals surface area contributed by atoms with Crippen molar-refractivity contribution in [1.29, 1.82) is 0 Å². The molecule has 2 atom stereocenters. The smallest absolute Gasteiger partial charge is 0.324 e. The second kappa shape index (κ2) is 11.0. The number of nitrogens with zero attached hydrogens (tertiary/aromatic N) is 7. The molecule has 3 aliphatic rings. The number of halogens is 2. The maximum absolute atomic E-state index is 14.4. The predicted molar refractivity (Wildman–Crippen MR) is 141 cm³/mol. The van der Waals surface area contributed by atoms with E-state index in [1.54, 1.807) is 19.5 Å². The number of carbonyl (C=O) groups is 1. The summed E-state index contributed by atoms with van der Waals surface area (Å²) in [6.07, 6.45) is 6.64. The van der Waals surface area contributed by atoms with E-state index in [1.165, 1.54) is 6.07 Å². The van der Waals surface area contributed by atoms with Gasteiger partial charge in [0, 0.05) is 69.7 Å². The molecular formula is C27H32F2N8O3. The molecule has 0 spiro atoms. The Morgan fingerprint density at radius 2 is 1.82 bits per heavy atom. The van der Waals surface area contributed by atoms with Crippen LogP contribution in [0.25, 0.3) is 0 Å². The first kappa shape index (κ1) is 26.5. The first-order chi connectivity index (χ1) is 19.4. The molecular weight excluding hydrogens is 522 g/mol. The van der Waals surface area contributed by atoms with Crippen molar-refractivity contribution in [2.45, 2.75) is 56.3 Å². The van der Waals surface area contributed by atoms with Crippen molar-refractivity contribution >= 4 is 17.9 Å². The Balaban J connectivity index is 1.10. The van der Waals surface area contributed by atoms with Gasteiger partial charge in [0.05, 0.1) is 5.56 Å². The van der Waals surface area contributed by atoms with E-state index < -0.39 is 23.6 Å². The van der Waals surface area contributed by atoms with Crippen LogP contribution in [0.3, 0.4) is 0 Å². The van der Waals surface area contributed by atoms with E-state index in [2.05, 4.69) is 20.1 Å². The molecule has 1 saturated carbocycles. The van der Waals surface area contributed by atoms with E-state index in [0.29, 0.717) is 56.1 Å². The Morgan fingerprint density at radius 3 is 2.52 bits per heavy atom. The SMILES string of the molecule is COCc1noc(N2CCC(N(C(=O)c3cnc(N4CC(N)C(c5cc(F)ccc5F)C4)nc3)C3CC3)CC2)n1. The Kier molecular flexibility index (Phi) is 7.32. The summed E-state index contributed by atoms with van der Waals surface area (Å²) in [5.41, 5.74) is 6.97. The minimum Gasteiger partial charge on any atom is -0.377 e. The predicted octanol–water partition coefficient (Wildman–Crippen LogP) is 2.49. The average Bonchev–Trinajstić information content (AvgIpc) is 3.55. The molecule has 11 nitrogen and oxygen atoms in total. The second-order valence-electron chi connectivity index (χ2n) is 10.7. The number of benzene rings is 1. The Hall–Kier alpha value is -3.71. The third kappa shape index (κ3) is 5.35. The zero-order valence-electron chi connectivity index (χ0n) is 22.2. The molecule has 0 bridgehead atoms. The molecule has 2 aromatic heterocycles. The number of methoxy groups -OCH3 is 1. The molecule has 2 N–H and O–H groups in total. The molecule has 40 heavy (non-hydrogen) atoms. The van der Waals surface area contributed by atoms with Gasteiger partial charge < -0.3 is 29.7 Å². The van der Waals surface area contributed by atoms with E-state index in [1.807, 2.05) is 14.7 Å². The third-order valence-electron chi connectivity index (χ3n) is 7.92. The van der Waals surface area contributed by atoms with E-state index in [9.17, 15) is 13.6 Å². The van der Waals surface area contributed by atoms with Gasteiger partial charge in [-0.05, 0) is 49.4 Å². The Morgan fingerprint density at radius 1 is 1.10 bits per heavy atom. The summed E-state index contributed by atoms with van der Waals surface area (Å²) in [5, 5.41) is 3.93. The summed E-state index contributed by atoms with van der Waals surface area (Å²) in [6.45, 7) is 2.45. The van der Waals surface area contributed by atoms with Gasteiger partial charge in [0.25, 0.3) is 5.91 Å². The zero-order valence-corrected chi connectivity index (χ0v) is 22.2. The number of nitrogens with two attached hydrogens (primary N) is 1. The van der Waals surface area contributed by atoms with Gasteiger partial charge in [-0.15, -0.1) is 0 Å². The maximum Gasteiger partial charge on any atom is 0.324 e. The lowest BCUT2D eigenvalue weighted by Crippen LogP contribution is -2.48. The van der Waals surface area contributed by atoms with Gasteiger partial charge in [0.2, 0.25) is 5.95 Å². The first-order valence-electron chi connectivity index (χ1n) is 13.6. The lowest BCUT2D eigenvalue weighted by Gasteiger charge is -2.38. The number of hydrogen-bond donors (Lipinski definition) is 1. The van der Waals surface area contributed by atoms with Gasteiger partial charge in [-0.25, -0.2) is 18.7 Å². The molecule has 4 heterocycles. The van der Waals surface area contributed by atoms with Gasteiger partial charge in [-0.2, -0.15) is 4.98 Å². The molecule has 2 unspecified atom stereocenters. The zero-order chi connectivity index (χ0) is 27.8. The number of aromatic nitrogens is 4. The molecule has 212 valence electrons. The molecule has 1 aromatic carbocycles. The highest BCUT2D eigenvalue weighted by molar-refractivity contribution is 5.94. The van der Waals surface area contributed by atoms with Gasteiger partial charge in [-0.3, -0.25) is 4.79 Å². The van der Waals surface area contributed by atoms with E-state index >= 15 is 0 Å². The normalized spacial score (nSPS) is 21.7. The number of carbonyl (C=O) groups excluding carboxylic acids is 1. The van der Waals surface area contributed by atoms with Crippen LogP contribution in [0.5, 0.6) is 0 Å². The van der Waals surface area contributed by atoms with Crippen LogP contribution in [0.2, 0.25) is 0 Å². The number of amides is 1. The van der Waals surface area contributed by atoms with Gasteiger partial charge in [0.1, 0.15) is 18.2 Å². The third-order valence-corrected chi connectivity index (χ3v) is 7.92. The summed E-state index contributed by atoms with van der Waals surface area (Å²) < 4.78 is 38.6. The van der Waals surface area contributed by atoms with Crippen molar-refractivity contribution in [2.24, 2.45) is 5.73 Å². The topological polar surface area (TPSA) is 127 Å². The van der Waals surface area contributed by atoms with Crippen LogP contribution in [0.1, 0.15) is 53.3 Å². The van der Waals surface area contributed by atoms with Crippen LogP contribution in [-0.2, 0) is 11.3 Å². The molecule has 3 aromatic rings. The van der Waals surface area contributed by atoms with Crippen LogP contribution >= 0.6 is 0 Å². The highest BCUT2D eigenvalue weighted by Gasteiger charge is 2.40. The first-order valence-corrected chi connectivity index (χ1v) is 13.6. The fourth-order valence-corrected chi connectivity index (χ4v) is 5.74. The van der Waals surface area contributed by atoms with Crippen molar-refractivity contribution in [3.63, 3.8) is 0 Å². The van der Waals surface area contributed by atoms with Crippen LogP contribution < -0.4 is 15.5 Å². The van der Waals surface area contributed by atoms with Gasteiger partial charge in [-0.1, -0.05) is 5.16 Å². The van der Waals surface area contributed by atoms with Gasteiger partial charge >= 0.3 is 6.01 Å². The van der Waals surface area contributed by atoms with Crippen LogP contribution in [0.4, 0.5) is 20.7 Å². The fourth-order valence-electron chi connectivity index (χ4n) is 5.74. The number of hydrogen-bond acceptors (Lipinski definition) is 10. The fraction of sp³-hybridized carbons (Fsp3) is 0.519. The highest BCUT2D eigenvalue weighted by Crippen LogP contribution is 2.34. The molecule has 0 radical (unpaired) electrons. The summed E-state index contributed by atoms with van der Waals surface area (Å²) in [7, 11) is 1.58. The van der Waals surface area contributed by atoms with E-state index in [0.717, 1.165) is 37.8 Å². The van der Waals surface area contributed by atoms with Crippen molar-refractivity contribution in [2.75, 3.05) is 43.1 Å². The van der Waals surface area contributed by atoms with Gasteiger partial charge in [0.15, 0.2) is 5.82 Å². The molecule has 1 aliphatic carbocycles. The summed E-state index contributed by atoms with van der Waals surface area (Å²) in [4.78, 5) is 32.8. The molecule has 2 aliphatic heterocycles. The highest BCUT2D eigenvalue weighted by atomic mass is 19.1. The molecule has 6 rings (SSSR count). The Labute approximate surface area is 230 Å². The molecule has 1 amide bonds. The minimum atomic E-state index is -0.502. The number of piperidine rings is 1. The van der Waals surface area contributed by atoms with Crippen molar-refractivity contribution in [3.8, 4) is 0 Å². The quantitative estimate of drug-likeness (QED) is 0.444. The molecule has 2 saturated heterocycles. The second-order valence-corrected chi connectivity index (χ2v) is 10.7. The van der Waals surface area contributed by atoms with E-state index in [-0.39, 0.29) is 23.6 Å². The summed E-state index contributed by atoms with van der Waals surface area (Å²) in [5.74, 6) is -0.543. The molecule has 13 heteroatoms. The minimum absolute atomic E-state index is 0.0782. The van der Waals surface area contributed by atoms with E-state index in [4.69, 9.17) is 15.0 Å². The lowest BCUT2D eigenvalue weighted by molar-refractivity contribution is 0.0628. The van der Waals surface area contributed by atoms with Crippen LogP contribution in [0.15, 0.2) is 35.1 Å². The Bertz CT molecular complexity index is 1340. The number of rotatable bonds is 8. The summed E-state index contributed by atoms with van der Waals surface area (Å²) in [6, 6.07) is 3.80. The average molecular weight is 555 g/mol. The summed E-state index contributed by atoms with van der Waals surface area (Å²) >= 11 is 0. The molecule has 3 fully saturated rings. The van der Waals surface area contributed by atoms with Crippen LogP contribution in [0, 0.1) is 11.6 Å².